The summed E-state index contributed by atoms with van der Waals surface area (Å²) in [6.07, 6.45) is 0. The Morgan fingerprint density at radius 1 is 0.793 bits per heavy atom. The van der Waals surface area contributed by atoms with Crippen molar-refractivity contribution in [2.75, 3.05) is 39.3 Å². The Hall–Kier alpha value is -2.77. The highest BCUT2D eigenvalue weighted by molar-refractivity contribution is 6.35. The maximum absolute atomic E-state index is 13.0. The topological polar surface area (TPSA) is 64.7 Å². The van der Waals surface area contributed by atoms with Gasteiger partial charge in [-0.05, 0) is 23.3 Å². The molecule has 6 nitrogen and oxygen atoms in total. The lowest BCUT2D eigenvalue weighted by Crippen LogP contribution is -2.49. The van der Waals surface area contributed by atoms with E-state index in [1.54, 1.807) is 0 Å². The van der Waals surface area contributed by atoms with E-state index in [2.05, 4.69) is 20.4 Å². The first-order valence-corrected chi connectivity index (χ1v) is 9.89. The number of hydrogen-bond donors (Lipinski definition) is 2. The molecule has 1 saturated heterocycles. The summed E-state index contributed by atoms with van der Waals surface area (Å²) >= 11 is 0. The molecule has 3 rings (SSSR count). The summed E-state index contributed by atoms with van der Waals surface area (Å²) < 4.78 is 13.0. The number of carbonyl (C=O) groups excluding carboxylic acids is 2. The molecule has 7 heteroatoms. The highest BCUT2D eigenvalue weighted by Crippen LogP contribution is 2.09. The number of amides is 2. The van der Waals surface area contributed by atoms with Crippen LogP contribution in [0.2, 0.25) is 0 Å². The van der Waals surface area contributed by atoms with Gasteiger partial charge in [-0.1, -0.05) is 42.5 Å². The first kappa shape index (κ1) is 21.0. The Labute approximate surface area is 170 Å². The Morgan fingerprint density at radius 2 is 1.41 bits per heavy atom. The fourth-order valence-electron chi connectivity index (χ4n) is 3.29. The van der Waals surface area contributed by atoms with Crippen LogP contribution in [0.15, 0.2) is 54.6 Å². The predicted molar refractivity (Wildman–Crippen MR) is 109 cm³/mol. The van der Waals surface area contributed by atoms with Crippen LogP contribution in [0.25, 0.3) is 0 Å². The van der Waals surface area contributed by atoms with Crippen LogP contribution < -0.4 is 10.6 Å². The van der Waals surface area contributed by atoms with Crippen molar-refractivity contribution in [3.8, 4) is 0 Å². The van der Waals surface area contributed by atoms with Gasteiger partial charge in [-0.25, -0.2) is 4.39 Å². The van der Waals surface area contributed by atoms with E-state index in [0.29, 0.717) is 19.6 Å². The molecule has 1 heterocycles. The van der Waals surface area contributed by atoms with E-state index in [9.17, 15) is 14.0 Å². The first-order chi connectivity index (χ1) is 14.1. The molecule has 2 amide bonds. The van der Waals surface area contributed by atoms with Crippen LogP contribution in [-0.4, -0.2) is 60.9 Å². The van der Waals surface area contributed by atoms with E-state index in [1.165, 1.54) is 12.1 Å². The lowest BCUT2D eigenvalue weighted by Gasteiger charge is -2.34. The van der Waals surface area contributed by atoms with Gasteiger partial charge < -0.3 is 10.6 Å². The normalized spacial score (nSPS) is 15.1. The summed E-state index contributed by atoms with van der Waals surface area (Å²) in [5.41, 5.74) is 2.06. The maximum Gasteiger partial charge on any atom is 0.309 e. The van der Waals surface area contributed by atoms with Gasteiger partial charge in [0.25, 0.3) is 0 Å². The Bertz CT molecular complexity index is 790. The van der Waals surface area contributed by atoms with Crippen molar-refractivity contribution in [1.29, 1.82) is 0 Å². The molecule has 2 aromatic carbocycles. The summed E-state index contributed by atoms with van der Waals surface area (Å²) in [5.74, 6) is -1.43. The van der Waals surface area contributed by atoms with Crippen molar-refractivity contribution in [3.05, 3.63) is 71.5 Å². The van der Waals surface area contributed by atoms with Gasteiger partial charge in [-0.2, -0.15) is 0 Å². The van der Waals surface area contributed by atoms with Gasteiger partial charge in [-0.15, -0.1) is 0 Å². The third-order valence-corrected chi connectivity index (χ3v) is 5.00. The SMILES string of the molecule is O=C(NCCN1CCN(Cc2ccc(F)cc2)CC1)C(=O)NCc1ccccc1. The number of halogens is 1. The summed E-state index contributed by atoms with van der Waals surface area (Å²) in [6.45, 7) is 5.94. The zero-order valence-corrected chi connectivity index (χ0v) is 16.4. The van der Waals surface area contributed by atoms with Gasteiger partial charge in [0.2, 0.25) is 0 Å². The van der Waals surface area contributed by atoms with E-state index in [-0.39, 0.29) is 5.82 Å². The second-order valence-electron chi connectivity index (χ2n) is 7.17. The Kier molecular flexibility index (Phi) is 7.72. The number of piperazine rings is 1. The minimum atomic E-state index is -0.613. The molecular formula is C22H27FN4O2. The summed E-state index contributed by atoms with van der Waals surface area (Å²) in [4.78, 5) is 28.4. The molecule has 0 aliphatic carbocycles. The van der Waals surface area contributed by atoms with Gasteiger partial charge in [0.1, 0.15) is 5.82 Å². The van der Waals surface area contributed by atoms with Crippen molar-refractivity contribution in [2.45, 2.75) is 13.1 Å². The maximum atomic E-state index is 13.0. The number of nitrogens with zero attached hydrogens (tertiary/aromatic N) is 2. The molecule has 1 aliphatic heterocycles. The lowest BCUT2D eigenvalue weighted by atomic mass is 10.2. The van der Waals surface area contributed by atoms with E-state index in [1.807, 2.05) is 42.5 Å². The molecule has 154 valence electrons. The summed E-state index contributed by atoms with van der Waals surface area (Å²) in [7, 11) is 0. The van der Waals surface area contributed by atoms with Gasteiger partial charge in [0, 0.05) is 52.4 Å². The van der Waals surface area contributed by atoms with Crippen molar-refractivity contribution in [2.24, 2.45) is 0 Å². The van der Waals surface area contributed by atoms with E-state index >= 15 is 0 Å². The van der Waals surface area contributed by atoms with Crippen LogP contribution in [0, 0.1) is 5.82 Å². The molecule has 0 radical (unpaired) electrons. The zero-order valence-electron chi connectivity index (χ0n) is 16.4. The van der Waals surface area contributed by atoms with Crippen LogP contribution >= 0.6 is 0 Å². The molecule has 2 N–H and O–H groups in total. The number of hydrogen-bond acceptors (Lipinski definition) is 4. The molecule has 0 atom stereocenters. The van der Waals surface area contributed by atoms with Crippen LogP contribution in [0.4, 0.5) is 4.39 Å². The minimum Gasteiger partial charge on any atom is -0.347 e. The number of benzene rings is 2. The summed E-state index contributed by atoms with van der Waals surface area (Å²) in [5, 5.41) is 5.31. The van der Waals surface area contributed by atoms with E-state index < -0.39 is 11.8 Å². The standard InChI is InChI=1S/C22H27FN4O2/c23-20-8-6-19(7-9-20)17-27-14-12-26(13-15-27)11-10-24-21(28)22(29)25-16-18-4-2-1-3-5-18/h1-9H,10-17H2,(H,24,28)(H,25,29). The van der Waals surface area contributed by atoms with Crippen LogP contribution in [0.1, 0.15) is 11.1 Å². The molecule has 2 aromatic rings. The van der Waals surface area contributed by atoms with E-state index in [0.717, 1.165) is 43.9 Å². The molecule has 0 aromatic heterocycles. The fourth-order valence-corrected chi connectivity index (χ4v) is 3.29. The second kappa shape index (κ2) is 10.7. The van der Waals surface area contributed by atoms with Crippen molar-refractivity contribution in [1.82, 2.24) is 20.4 Å². The van der Waals surface area contributed by atoms with Crippen LogP contribution in [-0.2, 0) is 22.7 Å². The average molecular weight is 398 g/mol. The van der Waals surface area contributed by atoms with Crippen molar-refractivity contribution < 1.29 is 14.0 Å². The molecule has 29 heavy (non-hydrogen) atoms. The Morgan fingerprint density at radius 3 is 2.10 bits per heavy atom. The average Bonchev–Trinajstić information content (AvgIpc) is 2.75. The molecule has 1 aliphatic rings. The fraction of sp³-hybridized carbons (Fsp3) is 0.364. The number of nitrogens with one attached hydrogen (secondary N) is 2. The first-order valence-electron chi connectivity index (χ1n) is 9.89. The van der Waals surface area contributed by atoms with Gasteiger partial charge in [-0.3, -0.25) is 19.4 Å². The number of carbonyl (C=O) groups is 2. The van der Waals surface area contributed by atoms with Crippen molar-refractivity contribution in [3.63, 3.8) is 0 Å². The van der Waals surface area contributed by atoms with Gasteiger partial charge in [0.15, 0.2) is 0 Å². The van der Waals surface area contributed by atoms with Crippen LogP contribution in [0.5, 0.6) is 0 Å². The Balaban J connectivity index is 1.29. The van der Waals surface area contributed by atoms with Crippen LogP contribution in [0.3, 0.4) is 0 Å². The number of rotatable bonds is 7. The van der Waals surface area contributed by atoms with Gasteiger partial charge in [0.05, 0.1) is 0 Å². The predicted octanol–water partition coefficient (Wildman–Crippen LogP) is 1.38. The van der Waals surface area contributed by atoms with Gasteiger partial charge >= 0.3 is 11.8 Å². The summed E-state index contributed by atoms with van der Waals surface area (Å²) in [6, 6.07) is 16.1. The molecule has 0 spiro atoms. The molecule has 0 saturated carbocycles. The largest absolute Gasteiger partial charge is 0.347 e. The highest BCUT2D eigenvalue weighted by Gasteiger charge is 2.18. The second-order valence-corrected chi connectivity index (χ2v) is 7.17. The monoisotopic (exact) mass is 398 g/mol. The smallest absolute Gasteiger partial charge is 0.309 e. The lowest BCUT2D eigenvalue weighted by molar-refractivity contribution is -0.139. The quantitative estimate of drug-likeness (QED) is 0.692. The third kappa shape index (κ3) is 6.96. The minimum absolute atomic E-state index is 0.214. The molecule has 1 fully saturated rings. The third-order valence-electron chi connectivity index (χ3n) is 5.00. The van der Waals surface area contributed by atoms with E-state index in [4.69, 9.17) is 0 Å². The zero-order chi connectivity index (χ0) is 20.5. The molecular weight excluding hydrogens is 371 g/mol. The van der Waals surface area contributed by atoms with Crippen molar-refractivity contribution >= 4 is 11.8 Å². The highest BCUT2D eigenvalue weighted by atomic mass is 19.1. The molecule has 0 unspecified atom stereocenters. The molecule has 0 bridgehead atoms.